The van der Waals surface area contributed by atoms with Crippen molar-refractivity contribution in [2.24, 2.45) is 16.8 Å². The van der Waals surface area contributed by atoms with Gasteiger partial charge in [0.15, 0.2) is 0 Å². The highest BCUT2D eigenvalue weighted by Gasteiger charge is 2.40. The van der Waals surface area contributed by atoms with Crippen LogP contribution in [0.2, 0.25) is 0 Å². The number of aliphatic hydroxyl groups is 3. The monoisotopic (exact) mass is 1160 g/mol. The van der Waals surface area contributed by atoms with Crippen LogP contribution >= 0.6 is 0 Å². The van der Waals surface area contributed by atoms with E-state index in [9.17, 15) is 78.0 Å². The smallest absolute Gasteiger partial charge is 0.396 e. The molecule has 4 rings (SSSR count). The summed E-state index contributed by atoms with van der Waals surface area (Å²) in [6.45, 7) is 3.01. The van der Waals surface area contributed by atoms with Crippen molar-refractivity contribution in [1.82, 2.24) is 51.7 Å². The average Bonchev–Trinajstić information content (AvgIpc) is 4.17. The SMILES string of the molecule is Cc1cn([C@H]2C[C@H](N=[N+]=[N-])[C@@H](COC(=O)C(=O)N[C@@H](CO)C(=O)N[C@@H](Cc3ccccc3)C(=O)N[C@@H](CC(C)C)C(=O)N[C@H](C(=O)N[C@@H](CCCCN)C(=O)NCC(=O)N3CCC[C@H]3C(=O)N[C@@H](CO)C(=O)O)[C@@H](C)O)O2)c(=O)[nH]c1=O. The third-order valence-corrected chi connectivity index (χ3v) is 13.2. The zero-order valence-corrected chi connectivity index (χ0v) is 45.6. The molecule has 8 amide bonds. The Morgan fingerprint density at radius 2 is 1.50 bits per heavy atom. The van der Waals surface area contributed by atoms with Crippen LogP contribution in [0.1, 0.15) is 83.1 Å². The zero-order valence-electron chi connectivity index (χ0n) is 45.6. The lowest BCUT2D eigenvalue weighted by Crippen LogP contribution is -2.61. The Labute approximate surface area is 468 Å². The number of nitrogens with one attached hydrogen (secondary N) is 8. The summed E-state index contributed by atoms with van der Waals surface area (Å²) in [6, 6.07) is -3.51. The van der Waals surface area contributed by atoms with Crippen LogP contribution in [0.15, 0.2) is 51.2 Å². The number of aromatic amines is 1. The largest absolute Gasteiger partial charge is 0.480 e. The summed E-state index contributed by atoms with van der Waals surface area (Å²) in [5, 5.41) is 59.8. The summed E-state index contributed by atoms with van der Waals surface area (Å²) in [5.74, 6) is -11.5. The molecule has 3 heterocycles. The van der Waals surface area contributed by atoms with Gasteiger partial charge in [-0.15, -0.1) is 0 Å². The number of aromatic nitrogens is 2. The number of hydrogen-bond donors (Lipinski definition) is 13. The molecule has 2 fully saturated rings. The molecule has 0 unspecified atom stereocenters. The predicted octanol–water partition coefficient (Wildman–Crippen LogP) is -4.76. The minimum atomic E-state index is -1.88. The number of aliphatic hydroxyl groups excluding tert-OH is 3. The van der Waals surface area contributed by atoms with Gasteiger partial charge in [-0.3, -0.25) is 52.7 Å². The second-order valence-corrected chi connectivity index (χ2v) is 20.0. The summed E-state index contributed by atoms with van der Waals surface area (Å²) < 4.78 is 11.9. The molecule has 11 atom stereocenters. The Bertz CT molecular complexity index is 2770. The predicted molar refractivity (Wildman–Crippen MR) is 284 cm³/mol. The molecular weight excluding hydrogens is 1080 g/mol. The molecule has 0 saturated carbocycles. The Hall–Kier alpha value is -8.29. The first-order valence-corrected chi connectivity index (χ1v) is 26.4. The van der Waals surface area contributed by atoms with Gasteiger partial charge in [-0.2, -0.15) is 0 Å². The number of amides is 8. The number of aryl methyl sites for hydroxylation is 1. The molecule has 2 aliphatic heterocycles. The molecule has 1 aromatic carbocycles. The number of nitrogens with two attached hydrogens (primary N) is 1. The van der Waals surface area contributed by atoms with E-state index >= 15 is 0 Å². The summed E-state index contributed by atoms with van der Waals surface area (Å²) >= 11 is 0. The Balaban J connectivity index is 1.44. The van der Waals surface area contributed by atoms with Crippen molar-refractivity contribution in [3.63, 3.8) is 0 Å². The number of H-pyrrole nitrogens is 1. The van der Waals surface area contributed by atoms with Gasteiger partial charge in [0, 0.05) is 36.1 Å². The number of likely N-dealkylation sites (tertiary alicyclic amines) is 1. The zero-order chi connectivity index (χ0) is 60.8. The van der Waals surface area contributed by atoms with Crippen molar-refractivity contribution in [2.75, 3.05) is 39.5 Å². The number of unbranched alkanes of at least 4 members (excludes halogenated alkanes) is 1. The first-order valence-electron chi connectivity index (χ1n) is 26.4. The molecule has 32 nitrogen and oxygen atoms in total. The van der Waals surface area contributed by atoms with Crippen LogP contribution in [0.3, 0.4) is 0 Å². The van der Waals surface area contributed by atoms with Crippen LogP contribution in [0, 0.1) is 12.8 Å². The number of carbonyl (C=O) groups is 10. The van der Waals surface area contributed by atoms with Crippen molar-refractivity contribution >= 4 is 59.2 Å². The first-order chi connectivity index (χ1) is 38.9. The lowest BCUT2D eigenvalue weighted by molar-refractivity contribution is -0.159. The Morgan fingerprint density at radius 3 is 2.12 bits per heavy atom. The molecule has 0 aliphatic carbocycles. The molecule has 2 aromatic rings. The van der Waals surface area contributed by atoms with Gasteiger partial charge in [0.2, 0.25) is 41.4 Å². The molecule has 0 radical (unpaired) electrons. The van der Waals surface area contributed by atoms with Crippen LogP contribution in [-0.2, 0) is 63.8 Å². The summed E-state index contributed by atoms with van der Waals surface area (Å²) in [7, 11) is 0. The van der Waals surface area contributed by atoms with Gasteiger partial charge >= 0.3 is 23.5 Å². The van der Waals surface area contributed by atoms with Gasteiger partial charge in [0.1, 0.15) is 61.2 Å². The molecule has 0 spiro atoms. The van der Waals surface area contributed by atoms with Crippen molar-refractivity contribution in [3.8, 4) is 0 Å². The number of esters is 1. The minimum absolute atomic E-state index is 0.0232. The van der Waals surface area contributed by atoms with E-state index in [0.717, 1.165) is 9.47 Å². The quantitative estimate of drug-likeness (QED) is 0.00872. The van der Waals surface area contributed by atoms with E-state index in [1.807, 2.05) is 5.32 Å². The van der Waals surface area contributed by atoms with Crippen molar-refractivity contribution in [3.05, 3.63) is 78.9 Å². The van der Waals surface area contributed by atoms with Crippen LogP contribution in [0.4, 0.5) is 0 Å². The normalized spacial score (nSPS) is 19.1. The molecule has 1 aromatic heterocycles. The van der Waals surface area contributed by atoms with E-state index in [0.29, 0.717) is 24.8 Å². The molecule has 32 heteroatoms. The summed E-state index contributed by atoms with van der Waals surface area (Å²) in [4.78, 5) is 163. The number of carboxylic acid groups (broad SMARTS) is 1. The van der Waals surface area contributed by atoms with Crippen molar-refractivity contribution in [2.45, 2.75) is 146 Å². The lowest BCUT2D eigenvalue weighted by atomic mass is 10.00. The van der Waals surface area contributed by atoms with Crippen LogP contribution in [0.25, 0.3) is 10.4 Å². The summed E-state index contributed by atoms with van der Waals surface area (Å²) in [6.07, 6.45) is -1.81. The first kappa shape index (κ1) is 66.2. The highest BCUT2D eigenvalue weighted by molar-refractivity contribution is 6.33. The number of aliphatic carboxylic acids is 1. The Kier molecular flexibility index (Phi) is 26.0. The molecule has 0 bridgehead atoms. The van der Waals surface area contributed by atoms with E-state index in [1.165, 1.54) is 20.0 Å². The van der Waals surface area contributed by atoms with Crippen LogP contribution in [0.5, 0.6) is 0 Å². The topological polar surface area (TPSA) is 487 Å². The van der Waals surface area contributed by atoms with E-state index in [2.05, 4.69) is 46.9 Å². The third-order valence-electron chi connectivity index (χ3n) is 13.2. The lowest BCUT2D eigenvalue weighted by Gasteiger charge is -2.29. The van der Waals surface area contributed by atoms with Crippen molar-refractivity contribution < 1.29 is 77.8 Å². The molecule has 450 valence electrons. The highest BCUT2D eigenvalue weighted by Crippen LogP contribution is 2.30. The van der Waals surface area contributed by atoms with Gasteiger partial charge in [-0.05, 0) is 75.9 Å². The minimum Gasteiger partial charge on any atom is -0.480 e. The van der Waals surface area contributed by atoms with Crippen molar-refractivity contribution in [1.29, 1.82) is 0 Å². The van der Waals surface area contributed by atoms with Gasteiger partial charge < -0.3 is 77.8 Å². The number of azide groups is 1. The molecule has 82 heavy (non-hydrogen) atoms. The van der Waals surface area contributed by atoms with E-state index in [4.69, 9.17) is 20.7 Å². The number of carboxylic acids is 1. The average molecular weight is 1160 g/mol. The Morgan fingerprint density at radius 1 is 0.854 bits per heavy atom. The van der Waals surface area contributed by atoms with Gasteiger partial charge in [0.25, 0.3) is 5.56 Å². The second-order valence-electron chi connectivity index (χ2n) is 20.0. The maximum atomic E-state index is 14.2. The maximum Gasteiger partial charge on any atom is 0.396 e. The second kappa shape index (κ2) is 32.2. The summed E-state index contributed by atoms with van der Waals surface area (Å²) in [5.41, 5.74) is 14.0. The van der Waals surface area contributed by atoms with E-state index < -0.39 is 164 Å². The van der Waals surface area contributed by atoms with E-state index in [-0.39, 0.29) is 56.7 Å². The van der Waals surface area contributed by atoms with Crippen LogP contribution in [-0.4, -0.2) is 194 Å². The number of benzene rings is 1. The van der Waals surface area contributed by atoms with Crippen LogP contribution < -0.4 is 54.2 Å². The third kappa shape index (κ3) is 19.5. The number of rotatable bonds is 30. The molecule has 14 N–H and O–H groups in total. The number of hydrogen-bond acceptors (Lipinski definition) is 19. The maximum absolute atomic E-state index is 14.2. The number of ether oxygens (including phenoxy) is 2. The fraction of sp³-hybridized carbons (Fsp3) is 0.600. The standard InChI is InChI=1S/C50H72N14O18/c1-25(2)17-31(43(72)59-39(27(4)67)46(75)54-29(13-8-9-15-51)41(70)53-20-37(68)63-16-10-14-35(63)45(74)58-34(23-66)48(77)78)55-42(71)32(18-28-11-6-5-7-12-28)56-44(73)33(22-65)57-47(76)49(79)81-24-36-30(61-62-52)19-38(82-36)64-21-26(3)40(69)60-50(64)80/h5-7,11-12,21,25,27,29-36,38-39,65-67H,8-10,13-20,22-24,51H2,1-4H3,(H,53,70)(H,54,75)(H,55,71)(H,56,73)(H,57,76)(H,58,74)(H,59,72)(H,77,78)(H,60,69,80)/t27-,29+,30+,31+,32+,33+,34+,35+,36-,38-,39+/m1/s1. The number of carbonyl (C=O) groups excluding carboxylic acids is 9. The number of nitrogens with zero attached hydrogens (tertiary/aromatic N) is 5. The van der Waals surface area contributed by atoms with Gasteiger partial charge in [-0.1, -0.05) is 49.3 Å². The molecular formula is C50H72N14O18. The van der Waals surface area contributed by atoms with Gasteiger partial charge in [-0.25, -0.2) is 14.4 Å². The molecule has 2 saturated heterocycles. The molecule has 2 aliphatic rings. The van der Waals surface area contributed by atoms with E-state index in [1.54, 1.807) is 44.2 Å². The highest BCUT2D eigenvalue weighted by atomic mass is 16.6. The fourth-order valence-corrected chi connectivity index (χ4v) is 8.83. The van der Waals surface area contributed by atoms with Gasteiger partial charge in [0.05, 0.1) is 31.9 Å². The fourth-order valence-electron chi connectivity index (χ4n) is 8.83.